The second kappa shape index (κ2) is 6.80. The van der Waals surface area contributed by atoms with Gasteiger partial charge in [-0.25, -0.2) is 4.79 Å². The molecule has 6 nitrogen and oxygen atoms in total. The first kappa shape index (κ1) is 15.6. The molecule has 1 heterocycles. The number of likely N-dealkylation sites (tertiary alicyclic amines) is 1. The van der Waals surface area contributed by atoms with E-state index in [0.717, 1.165) is 4.47 Å². The number of carboxylic acid groups (broad SMARTS) is 1. The number of carboxylic acids is 1. The van der Waals surface area contributed by atoms with E-state index in [-0.39, 0.29) is 12.6 Å². The maximum atomic E-state index is 12.2. The Morgan fingerprint density at radius 2 is 2.24 bits per heavy atom. The molecule has 2 rings (SSSR count). The molecule has 1 aliphatic heterocycles. The highest BCUT2D eigenvalue weighted by atomic mass is 79.9. The summed E-state index contributed by atoms with van der Waals surface area (Å²) in [5.74, 6) is -0.649. The summed E-state index contributed by atoms with van der Waals surface area (Å²) in [6, 6.07) is 4.95. The Morgan fingerprint density at radius 1 is 1.48 bits per heavy atom. The zero-order valence-corrected chi connectivity index (χ0v) is 13.2. The van der Waals surface area contributed by atoms with Crippen LogP contribution in [0.25, 0.3) is 0 Å². The number of halogens is 1. The summed E-state index contributed by atoms with van der Waals surface area (Å²) >= 11 is 3.35. The second-order valence-corrected chi connectivity index (χ2v) is 5.76. The van der Waals surface area contributed by atoms with Crippen molar-refractivity contribution >= 4 is 33.6 Å². The molecule has 1 atom stereocenters. The molecular formula is C14H17BrN2O4. The first-order valence-corrected chi connectivity index (χ1v) is 7.43. The summed E-state index contributed by atoms with van der Waals surface area (Å²) in [5, 5.41) is 11.8. The number of carbonyl (C=O) groups is 2. The minimum Gasteiger partial charge on any atom is -0.496 e. The van der Waals surface area contributed by atoms with Crippen molar-refractivity contribution in [3.05, 3.63) is 22.7 Å². The van der Waals surface area contributed by atoms with Gasteiger partial charge in [0.1, 0.15) is 5.75 Å². The van der Waals surface area contributed by atoms with Crippen molar-refractivity contribution in [2.45, 2.75) is 12.8 Å². The second-order valence-electron chi connectivity index (χ2n) is 4.90. The Balaban J connectivity index is 2.00. The number of rotatable bonds is 3. The minimum absolute atomic E-state index is 0.249. The molecule has 1 fully saturated rings. The summed E-state index contributed by atoms with van der Waals surface area (Å²) in [6.45, 7) is 0.825. The van der Waals surface area contributed by atoms with Gasteiger partial charge in [-0.1, -0.05) is 0 Å². The van der Waals surface area contributed by atoms with Crippen LogP contribution in [0, 0.1) is 5.92 Å². The number of benzene rings is 1. The van der Waals surface area contributed by atoms with Crippen LogP contribution in [0.1, 0.15) is 12.8 Å². The SMILES string of the molecule is COc1ccc(NC(=O)N2CCCC(C(=O)O)C2)cc1Br. The van der Waals surface area contributed by atoms with Gasteiger partial charge < -0.3 is 20.1 Å². The third-order valence-corrected chi connectivity index (χ3v) is 4.08. The Labute approximate surface area is 131 Å². The predicted octanol–water partition coefficient (Wildman–Crippen LogP) is 2.79. The van der Waals surface area contributed by atoms with Gasteiger partial charge in [0.25, 0.3) is 0 Å². The van der Waals surface area contributed by atoms with Crippen LogP contribution in [-0.4, -0.2) is 42.2 Å². The van der Waals surface area contributed by atoms with Gasteiger partial charge in [-0.3, -0.25) is 4.79 Å². The third kappa shape index (κ3) is 3.87. The fourth-order valence-electron chi connectivity index (χ4n) is 2.31. The van der Waals surface area contributed by atoms with Crippen molar-refractivity contribution in [2.75, 3.05) is 25.5 Å². The van der Waals surface area contributed by atoms with Gasteiger partial charge >= 0.3 is 12.0 Å². The highest BCUT2D eigenvalue weighted by Crippen LogP contribution is 2.28. The van der Waals surface area contributed by atoms with Crippen LogP contribution < -0.4 is 10.1 Å². The van der Waals surface area contributed by atoms with Crippen LogP contribution in [0.2, 0.25) is 0 Å². The number of hydrogen-bond donors (Lipinski definition) is 2. The van der Waals surface area contributed by atoms with Crippen LogP contribution in [0.3, 0.4) is 0 Å². The Bertz CT molecular complexity index is 550. The molecule has 0 aromatic heterocycles. The van der Waals surface area contributed by atoms with E-state index in [1.165, 1.54) is 0 Å². The lowest BCUT2D eigenvalue weighted by molar-refractivity contribution is -0.143. The number of nitrogens with zero attached hydrogens (tertiary/aromatic N) is 1. The molecule has 0 radical (unpaired) electrons. The molecule has 114 valence electrons. The number of carbonyl (C=O) groups excluding carboxylic acids is 1. The Kier molecular flexibility index (Phi) is 5.06. The number of amides is 2. The van der Waals surface area contributed by atoms with E-state index in [1.807, 2.05) is 0 Å². The topological polar surface area (TPSA) is 78.9 Å². The monoisotopic (exact) mass is 356 g/mol. The third-order valence-electron chi connectivity index (χ3n) is 3.46. The quantitative estimate of drug-likeness (QED) is 0.872. The number of hydrogen-bond acceptors (Lipinski definition) is 3. The number of aliphatic carboxylic acids is 1. The molecule has 0 spiro atoms. The number of urea groups is 1. The smallest absolute Gasteiger partial charge is 0.321 e. The molecule has 2 N–H and O–H groups in total. The molecule has 1 unspecified atom stereocenters. The maximum Gasteiger partial charge on any atom is 0.321 e. The van der Waals surface area contributed by atoms with Gasteiger partial charge in [-0.15, -0.1) is 0 Å². The molecule has 2 amide bonds. The molecule has 0 saturated carbocycles. The standard InChI is InChI=1S/C14H17BrN2O4/c1-21-12-5-4-10(7-11(12)15)16-14(20)17-6-2-3-9(8-17)13(18)19/h4-5,7,9H,2-3,6,8H2,1H3,(H,16,20)(H,18,19). The average molecular weight is 357 g/mol. The molecule has 21 heavy (non-hydrogen) atoms. The lowest BCUT2D eigenvalue weighted by Gasteiger charge is -2.30. The van der Waals surface area contributed by atoms with Crippen LogP contribution in [0.4, 0.5) is 10.5 Å². The van der Waals surface area contributed by atoms with E-state index in [4.69, 9.17) is 9.84 Å². The van der Waals surface area contributed by atoms with E-state index >= 15 is 0 Å². The van der Waals surface area contributed by atoms with Crippen LogP contribution in [0.15, 0.2) is 22.7 Å². The zero-order chi connectivity index (χ0) is 15.4. The minimum atomic E-state index is -0.848. The normalized spacial score (nSPS) is 18.2. The summed E-state index contributed by atoms with van der Waals surface area (Å²) in [5.41, 5.74) is 0.630. The average Bonchev–Trinajstić information content (AvgIpc) is 2.47. The summed E-state index contributed by atoms with van der Waals surface area (Å²) in [4.78, 5) is 24.7. The molecule has 1 saturated heterocycles. The van der Waals surface area contributed by atoms with Gasteiger partial charge in [0.2, 0.25) is 0 Å². The number of anilines is 1. The van der Waals surface area contributed by atoms with Gasteiger partial charge in [0, 0.05) is 18.8 Å². The van der Waals surface area contributed by atoms with Crippen molar-refractivity contribution in [1.29, 1.82) is 0 Å². The lowest BCUT2D eigenvalue weighted by atomic mass is 9.99. The van der Waals surface area contributed by atoms with Crippen molar-refractivity contribution in [2.24, 2.45) is 5.92 Å². The van der Waals surface area contributed by atoms with Crippen LogP contribution in [-0.2, 0) is 4.79 Å². The number of methoxy groups -OCH3 is 1. The first-order valence-electron chi connectivity index (χ1n) is 6.63. The van der Waals surface area contributed by atoms with E-state index in [2.05, 4.69) is 21.2 Å². The van der Waals surface area contributed by atoms with E-state index in [9.17, 15) is 9.59 Å². The fourth-order valence-corrected chi connectivity index (χ4v) is 2.85. The van der Waals surface area contributed by atoms with Gasteiger partial charge in [0.15, 0.2) is 0 Å². The Morgan fingerprint density at radius 3 is 2.86 bits per heavy atom. The number of piperidine rings is 1. The van der Waals surface area contributed by atoms with Crippen molar-refractivity contribution in [1.82, 2.24) is 4.90 Å². The maximum absolute atomic E-state index is 12.2. The molecule has 1 aromatic rings. The first-order chi connectivity index (χ1) is 10.0. The highest BCUT2D eigenvalue weighted by molar-refractivity contribution is 9.10. The molecule has 0 bridgehead atoms. The van der Waals surface area contributed by atoms with Gasteiger partial charge in [-0.05, 0) is 47.0 Å². The molecule has 0 aliphatic carbocycles. The molecule has 7 heteroatoms. The summed E-state index contributed by atoms with van der Waals surface area (Å²) < 4.78 is 5.87. The zero-order valence-electron chi connectivity index (χ0n) is 11.6. The lowest BCUT2D eigenvalue weighted by Crippen LogP contribution is -2.44. The number of ether oxygens (including phenoxy) is 1. The van der Waals surface area contributed by atoms with Crippen molar-refractivity contribution < 1.29 is 19.4 Å². The molecule has 1 aliphatic rings. The van der Waals surface area contributed by atoms with Gasteiger partial charge in [0.05, 0.1) is 17.5 Å². The fraction of sp³-hybridized carbons (Fsp3) is 0.429. The molecule has 1 aromatic carbocycles. The summed E-state index contributed by atoms with van der Waals surface area (Å²) in [6.07, 6.45) is 1.32. The number of nitrogens with one attached hydrogen (secondary N) is 1. The van der Waals surface area contributed by atoms with Crippen molar-refractivity contribution in [3.8, 4) is 5.75 Å². The Hall–Kier alpha value is -1.76. The van der Waals surface area contributed by atoms with Crippen LogP contribution in [0.5, 0.6) is 5.75 Å². The van der Waals surface area contributed by atoms with Crippen molar-refractivity contribution in [3.63, 3.8) is 0 Å². The highest BCUT2D eigenvalue weighted by Gasteiger charge is 2.28. The van der Waals surface area contributed by atoms with E-state index in [1.54, 1.807) is 30.2 Å². The molecular weight excluding hydrogens is 340 g/mol. The van der Waals surface area contributed by atoms with E-state index < -0.39 is 11.9 Å². The van der Waals surface area contributed by atoms with E-state index in [0.29, 0.717) is 30.8 Å². The summed E-state index contributed by atoms with van der Waals surface area (Å²) in [7, 11) is 1.57. The van der Waals surface area contributed by atoms with Gasteiger partial charge in [-0.2, -0.15) is 0 Å². The largest absolute Gasteiger partial charge is 0.496 e. The van der Waals surface area contributed by atoms with Crippen LogP contribution >= 0.6 is 15.9 Å². The predicted molar refractivity (Wildman–Crippen MR) is 81.6 cm³/mol.